The van der Waals surface area contributed by atoms with E-state index in [2.05, 4.69) is 5.92 Å². The van der Waals surface area contributed by atoms with Crippen LogP contribution >= 0.6 is 11.6 Å². The maximum atomic E-state index is 12.8. The molecule has 0 spiro atoms. The van der Waals surface area contributed by atoms with E-state index in [1.807, 2.05) is 0 Å². The summed E-state index contributed by atoms with van der Waals surface area (Å²) in [6.07, 6.45) is 5.83. The number of carboxylic acids is 1. The highest BCUT2D eigenvalue weighted by Gasteiger charge is 2.38. The number of hydrogen-bond donors (Lipinski definition) is 1. The van der Waals surface area contributed by atoms with Crippen LogP contribution in [0.5, 0.6) is 0 Å². The molecule has 1 rings (SSSR count). The number of rotatable bonds is 7. The fraction of sp³-hybridized carbons (Fsp3) is 0.400. The zero-order valence-electron chi connectivity index (χ0n) is 12.4. The predicted molar refractivity (Wildman–Crippen MR) is 85.1 cm³/mol. The molecule has 120 valence electrons. The molecule has 1 aromatic rings. The van der Waals surface area contributed by atoms with Gasteiger partial charge in [0.25, 0.3) is 0 Å². The minimum absolute atomic E-state index is 0.0368. The van der Waals surface area contributed by atoms with E-state index >= 15 is 0 Å². The first-order valence-electron chi connectivity index (χ1n) is 6.77. The van der Waals surface area contributed by atoms with Gasteiger partial charge in [-0.3, -0.25) is 4.79 Å². The van der Waals surface area contributed by atoms with E-state index in [9.17, 15) is 18.3 Å². The SMILES string of the molecule is C#CC(CC)N(C(CC)C(=O)O)S(=O)(=O)c1ccc(Cl)cc1. The van der Waals surface area contributed by atoms with E-state index in [0.29, 0.717) is 11.4 Å². The van der Waals surface area contributed by atoms with Gasteiger partial charge in [-0.1, -0.05) is 31.4 Å². The molecule has 5 nitrogen and oxygen atoms in total. The van der Waals surface area contributed by atoms with Crippen molar-refractivity contribution in [3.05, 3.63) is 29.3 Å². The molecular formula is C15H18ClNO4S. The summed E-state index contributed by atoms with van der Waals surface area (Å²) in [5.41, 5.74) is 0. The lowest BCUT2D eigenvalue weighted by atomic mass is 10.1. The lowest BCUT2D eigenvalue weighted by molar-refractivity contribution is -0.141. The van der Waals surface area contributed by atoms with E-state index in [1.54, 1.807) is 13.8 Å². The Balaban J connectivity index is 3.45. The van der Waals surface area contributed by atoms with Gasteiger partial charge in [0.15, 0.2) is 0 Å². The minimum Gasteiger partial charge on any atom is -0.480 e. The number of sulfonamides is 1. The van der Waals surface area contributed by atoms with Crippen molar-refractivity contribution < 1.29 is 18.3 Å². The average Bonchev–Trinajstić information content (AvgIpc) is 2.47. The molecular weight excluding hydrogens is 326 g/mol. The van der Waals surface area contributed by atoms with Crippen molar-refractivity contribution in [2.24, 2.45) is 0 Å². The first-order valence-corrected chi connectivity index (χ1v) is 8.59. The molecule has 22 heavy (non-hydrogen) atoms. The summed E-state index contributed by atoms with van der Waals surface area (Å²) in [7, 11) is -4.05. The highest BCUT2D eigenvalue weighted by Crippen LogP contribution is 2.25. The lowest BCUT2D eigenvalue weighted by Gasteiger charge is -2.31. The van der Waals surface area contributed by atoms with Gasteiger partial charge in [-0.15, -0.1) is 6.42 Å². The second-order valence-corrected chi connectivity index (χ2v) is 6.92. The zero-order chi connectivity index (χ0) is 16.9. The fourth-order valence-electron chi connectivity index (χ4n) is 2.12. The summed E-state index contributed by atoms with van der Waals surface area (Å²) in [6.45, 7) is 3.32. The third-order valence-electron chi connectivity index (χ3n) is 3.25. The number of carbonyl (C=O) groups is 1. The molecule has 0 saturated heterocycles. The highest BCUT2D eigenvalue weighted by atomic mass is 35.5. The van der Waals surface area contributed by atoms with Crippen molar-refractivity contribution in [1.29, 1.82) is 0 Å². The number of benzene rings is 1. The standard InChI is InChI=1S/C15H18ClNO4S/c1-4-12(5-2)17(14(6-3)15(18)19)22(20,21)13-9-7-11(16)8-10-13/h1,7-10,12,14H,5-6H2,2-3H3,(H,18,19). The van der Waals surface area contributed by atoms with Crippen LogP contribution in [0.3, 0.4) is 0 Å². The van der Waals surface area contributed by atoms with Crippen LogP contribution in [0.4, 0.5) is 0 Å². The van der Waals surface area contributed by atoms with Crippen LogP contribution in [0.15, 0.2) is 29.2 Å². The Hall–Kier alpha value is -1.55. The molecule has 0 heterocycles. The van der Waals surface area contributed by atoms with Crippen LogP contribution in [-0.2, 0) is 14.8 Å². The van der Waals surface area contributed by atoms with Crippen molar-refractivity contribution >= 4 is 27.6 Å². The molecule has 7 heteroatoms. The van der Waals surface area contributed by atoms with E-state index in [1.165, 1.54) is 24.3 Å². The van der Waals surface area contributed by atoms with Gasteiger partial charge in [-0.2, -0.15) is 4.31 Å². The van der Waals surface area contributed by atoms with Crippen molar-refractivity contribution in [2.45, 2.75) is 43.7 Å². The second kappa shape index (κ2) is 7.63. The van der Waals surface area contributed by atoms with Crippen molar-refractivity contribution in [2.75, 3.05) is 0 Å². The van der Waals surface area contributed by atoms with Gasteiger partial charge < -0.3 is 5.11 Å². The van der Waals surface area contributed by atoms with E-state index in [-0.39, 0.29) is 11.3 Å². The molecule has 0 aromatic heterocycles. The first-order chi connectivity index (χ1) is 10.3. The highest BCUT2D eigenvalue weighted by molar-refractivity contribution is 7.89. The smallest absolute Gasteiger partial charge is 0.322 e. The Bertz CT molecular complexity index is 664. The fourth-order valence-corrected chi connectivity index (χ4v) is 4.08. The number of halogens is 1. The van der Waals surface area contributed by atoms with Gasteiger partial charge in [0.05, 0.1) is 10.9 Å². The molecule has 2 unspecified atom stereocenters. The molecule has 1 N–H and O–H groups in total. The van der Waals surface area contributed by atoms with Crippen LogP contribution in [0.25, 0.3) is 0 Å². The number of terminal acetylenes is 1. The van der Waals surface area contributed by atoms with Gasteiger partial charge in [0.2, 0.25) is 10.0 Å². The first kappa shape index (κ1) is 18.5. The Morgan fingerprint density at radius 1 is 1.32 bits per heavy atom. The van der Waals surface area contributed by atoms with Gasteiger partial charge in [-0.05, 0) is 37.1 Å². The summed E-state index contributed by atoms with van der Waals surface area (Å²) < 4.78 is 26.6. The third-order valence-corrected chi connectivity index (χ3v) is 5.44. The van der Waals surface area contributed by atoms with Crippen LogP contribution in [-0.4, -0.2) is 35.9 Å². The van der Waals surface area contributed by atoms with Crippen molar-refractivity contribution in [3.63, 3.8) is 0 Å². The summed E-state index contributed by atoms with van der Waals surface area (Å²) >= 11 is 5.76. The third kappa shape index (κ3) is 3.80. The van der Waals surface area contributed by atoms with E-state index < -0.39 is 28.1 Å². The summed E-state index contributed by atoms with van der Waals surface area (Å²) in [6, 6.07) is 3.49. The molecule has 0 amide bonds. The Labute approximate surface area is 135 Å². The van der Waals surface area contributed by atoms with Gasteiger partial charge in [-0.25, -0.2) is 8.42 Å². The maximum Gasteiger partial charge on any atom is 0.322 e. The van der Waals surface area contributed by atoms with Crippen LogP contribution in [0, 0.1) is 12.3 Å². The quantitative estimate of drug-likeness (QED) is 0.772. The van der Waals surface area contributed by atoms with Gasteiger partial charge in [0.1, 0.15) is 6.04 Å². The van der Waals surface area contributed by atoms with Crippen molar-refractivity contribution in [1.82, 2.24) is 4.31 Å². The normalized spacial score (nSPS) is 14.3. The Morgan fingerprint density at radius 3 is 2.23 bits per heavy atom. The zero-order valence-corrected chi connectivity index (χ0v) is 13.9. The topological polar surface area (TPSA) is 74.7 Å². The summed E-state index contributed by atoms with van der Waals surface area (Å²) in [5, 5.41) is 9.73. The molecule has 0 aliphatic heterocycles. The van der Waals surface area contributed by atoms with Crippen LogP contribution in [0.1, 0.15) is 26.7 Å². The molecule has 0 aliphatic rings. The number of aliphatic carboxylic acids is 1. The predicted octanol–water partition coefficient (Wildman–Crippen LogP) is 2.61. The van der Waals surface area contributed by atoms with Crippen molar-refractivity contribution in [3.8, 4) is 12.3 Å². The van der Waals surface area contributed by atoms with Crippen LogP contribution < -0.4 is 0 Å². The molecule has 0 radical (unpaired) electrons. The lowest BCUT2D eigenvalue weighted by Crippen LogP contribution is -2.49. The summed E-state index contributed by atoms with van der Waals surface area (Å²) in [4.78, 5) is 11.4. The molecule has 1 aromatic carbocycles. The van der Waals surface area contributed by atoms with Crippen LogP contribution in [0.2, 0.25) is 5.02 Å². The second-order valence-electron chi connectivity index (χ2n) is 4.64. The molecule has 0 aliphatic carbocycles. The van der Waals surface area contributed by atoms with E-state index in [0.717, 1.165) is 4.31 Å². The minimum atomic E-state index is -4.05. The molecule has 0 saturated carbocycles. The Morgan fingerprint density at radius 2 is 1.86 bits per heavy atom. The Kier molecular flexibility index (Phi) is 6.42. The number of carboxylic acid groups (broad SMARTS) is 1. The maximum absolute atomic E-state index is 12.8. The molecule has 0 fully saturated rings. The molecule has 0 bridgehead atoms. The number of hydrogen-bond acceptors (Lipinski definition) is 3. The molecule has 2 atom stereocenters. The van der Waals surface area contributed by atoms with E-state index in [4.69, 9.17) is 18.0 Å². The number of nitrogens with zero attached hydrogens (tertiary/aromatic N) is 1. The summed E-state index contributed by atoms with van der Waals surface area (Å²) in [5.74, 6) is 1.14. The average molecular weight is 344 g/mol. The largest absolute Gasteiger partial charge is 0.480 e. The monoisotopic (exact) mass is 343 g/mol. The van der Waals surface area contributed by atoms with Gasteiger partial charge >= 0.3 is 5.97 Å². The van der Waals surface area contributed by atoms with Gasteiger partial charge in [0, 0.05) is 5.02 Å².